The molecule has 1 atom stereocenters. The van der Waals surface area contributed by atoms with E-state index >= 15 is 0 Å². The summed E-state index contributed by atoms with van der Waals surface area (Å²) < 4.78 is 5.01. The first-order chi connectivity index (χ1) is 6.72. The Kier molecular flexibility index (Phi) is 4.40. The van der Waals surface area contributed by atoms with Crippen LogP contribution in [0.3, 0.4) is 0 Å². The third-order valence-electron chi connectivity index (χ3n) is 2.06. The molecule has 0 amide bonds. The van der Waals surface area contributed by atoms with Crippen LogP contribution in [0.25, 0.3) is 0 Å². The van der Waals surface area contributed by atoms with Crippen molar-refractivity contribution in [2.45, 2.75) is 26.3 Å². The van der Waals surface area contributed by atoms with Crippen molar-refractivity contribution in [3.63, 3.8) is 0 Å². The first-order valence-electron chi connectivity index (χ1n) is 4.90. The number of hydrogen-bond acceptors (Lipinski definition) is 3. The van der Waals surface area contributed by atoms with E-state index in [1.807, 2.05) is 18.3 Å². The van der Waals surface area contributed by atoms with E-state index in [4.69, 9.17) is 4.74 Å². The van der Waals surface area contributed by atoms with E-state index < -0.39 is 0 Å². The third-order valence-corrected chi connectivity index (χ3v) is 2.06. The van der Waals surface area contributed by atoms with Crippen molar-refractivity contribution in [2.75, 3.05) is 19.0 Å². The highest BCUT2D eigenvalue weighted by molar-refractivity contribution is 5.37. The molecule has 0 saturated carbocycles. The summed E-state index contributed by atoms with van der Waals surface area (Å²) in [4.78, 5) is 4.24. The molecule has 1 N–H and O–H groups in total. The van der Waals surface area contributed by atoms with Crippen LogP contribution in [-0.2, 0) is 4.74 Å². The highest BCUT2D eigenvalue weighted by Gasteiger charge is 2.01. The van der Waals surface area contributed by atoms with Gasteiger partial charge in [-0.2, -0.15) is 0 Å². The van der Waals surface area contributed by atoms with Gasteiger partial charge in [-0.05, 0) is 38.0 Å². The average Bonchev–Trinajstić information content (AvgIpc) is 2.15. The first-order valence-corrected chi connectivity index (χ1v) is 4.90. The molecule has 0 aromatic carbocycles. The predicted molar refractivity (Wildman–Crippen MR) is 58.6 cm³/mol. The predicted octanol–water partition coefficient (Wildman–Crippen LogP) is 2.23. The van der Waals surface area contributed by atoms with Crippen molar-refractivity contribution in [2.24, 2.45) is 0 Å². The second-order valence-corrected chi connectivity index (χ2v) is 3.55. The van der Waals surface area contributed by atoms with Crippen LogP contribution in [0.5, 0.6) is 0 Å². The Morgan fingerprint density at radius 3 is 3.00 bits per heavy atom. The molecule has 0 bridgehead atoms. The number of nitrogens with zero attached hydrogens (tertiary/aromatic N) is 1. The Balaban J connectivity index is 2.43. The Morgan fingerprint density at radius 1 is 1.57 bits per heavy atom. The summed E-state index contributed by atoms with van der Waals surface area (Å²) in [6, 6.07) is 4.43. The van der Waals surface area contributed by atoms with Crippen LogP contribution < -0.4 is 5.32 Å². The molecule has 0 aliphatic heterocycles. The summed E-state index contributed by atoms with van der Waals surface area (Å²) in [7, 11) is 1.72. The number of hydrogen-bond donors (Lipinski definition) is 1. The van der Waals surface area contributed by atoms with Crippen LogP contribution in [0.1, 0.15) is 18.9 Å². The lowest BCUT2D eigenvalue weighted by molar-refractivity contribution is 0.191. The summed E-state index contributed by atoms with van der Waals surface area (Å²) in [6.45, 7) is 4.97. The number of nitrogens with one attached hydrogen (secondary N) is 1. The molecule has 0 aliphatic carbocycles. The molecule has 3 nitrogen and oxygen atoms in total. The number of aromatic nitrogens is 1. The average molecular weight is 194 g/mol. The van der Waals surface area contributed by atoms with Gasteiger partial charge >= 0.3 is 0 Å². The van der Waals surface area contributed by atoms with Gasteiger partial charge in [0.05, 0.1) is 0 Å². The molecule has 78 valence electrons. The van der Waals surface area contributed by atoms with Crippen LogP contribution in [-0.4, -0.2) is 24.7 Å². The van der Waals surface area contributed by atoms with Gasteiger partial charge in [0.25, 0.3) is 0 Å². The molecule has 0 spiro atoms. The van der Waals surface area contributed by atoms with E-state index in [1.54, 1.807) is 7.11 Å². The Bertz CT molecular complexity index is 276. The molecule has 1 aromatic heterocycles. The fourth-order valence-corrected chi connectivity index (χ4v) is 1.23. The van der Waals surface area contributed by atoms with Gasteiger partial charge in [0.15, 0.2) is 0 Å². The van der Waals surface area contributed by atoms with E-state index in [0.717, 1.165) is 18.8 Å². The number of rotatable bonds is 5. The summed E-state index contributed by atoms with van der Waals surface area (Å²) in [5.74, 6) is 0.939. The van der Waals surface area contributed by atoms with Crippen molar-refractivity contribution in [1.29, 1.82) is 0 Å². The normalized spacial score (nSPS) is 12.5. The van der Waals surface area contributed by atoms with Crippen molar-refractivity contribution in [3.8, 4) is 0 Å². The molecule has 1 aromatic rings. The lowest BCUT2D eigenvalue weighted by atomic mass is 10.2. The third kappa shape index (κ3) is 3.75. The van der Waals surface area contributed by atoms with Crippen molar-refractivity contribution < 1.29 is 4.74 Å². The second-order valence-electron chi connectivity index (χ2n) is 3.55. The maximum Gasteiger partial charge on any atom is 0.126 e. The zero-order valence-corrected chi connectivity index (χ0v) is 9.08. The van der Waals surface area contributed by atoms with E-state index in [0.29, 0.717) is 6.04 Å². The molecular formula is C11H18N2O. The standard InChI is InChI=1S/C11H18N2O/c1-9-4-6-12-11(8-9)13-10(2)5-7-14-3/h4,6,8,10H,5,7H2,1-3H3,(H,12,13). The van der Waals surface area contributed by atoms with Gasteiger partial charge in [-0.1, -0.05) is 0 Å². The highest BCUT2D eigenvalue weighted by Crippen LogP contribution is 2.08. The summed E-state index contributed by atoms with van der Waals surface area (Å²) >= 11 is 0. The summed E-state index contributed by atoms with van der Waals surface area (Å²) in [5.41, 5.74) is 1.22. The topological polar surface area (TPSA) is 34.1 Å². The SMILES string of the molecule is COCCC(C)Nc1cc(C)ccn1. The van der Waals surface area contributed by atoms with Gasteiger partial charge in [0.2, 0.25) is 0 Å². The molecule has 0 fully saturated rings. The minimum atomic E-state index is 0.393. The van der Waals surface area contributed by atoms with Gasteiger partial charge in [-0.3, -0.25) is 0 Å². The fourth-order valence-electron chi connectivity index (χ4n) is 1.23. The van der Waals surface area contributed by atoms with Crippen LogP contribution in [0.15, 0.2) is 18.3 Å². The van der Waals surface area contributed by atoms with Gasteiger partial charge < -0.3 is 10.1 Å². The number of pyridine rings is 1. The van der Waals surface area contributed by atoms with Crippen molar-refractivity contribution >= 4 is 5.82 Å². The second kappa shape index (κ2) is 5.60. The van der Waals surface area contributed by atoms with Crippen molar-refractivity contribution in [1.82, 2.24) is 4.98 Å². The molecule has 0 saturated heterocycles. The smallest absolute Gasteiger partial charge is 0.126 e. The van der Waals surface area contributed by atoms with E-state index in [2.05, 4.69) is 24.1 Å². The van der Waals surface area contributed by atoms with Crippen molar-refractivity contribution in [3.05, 3.63) is 23.9 Å². The fraction of sp³-hybridized carbons (Fsp3) is 0.545. The lowest BCUT2D eigenvalue weighted by Gasteiger charge is -2.13. The van der Waals surface area contributed by atoms with Crippen LogP contribution in [0.2, 0.25) is 0 Å². The molecule has 1 heterocycles. The van der Waals surface area contributed by atoms with Crippen LogP contribution in [0, 0.1) is 6.92 Å². The van der Waals surface area contributed by atoms with Crippen LogP contribution >= 0.6 is 0 Å². The maximum atomic E-state index is 5.01. The minimum Gasteiger partial charge on any atom is -0.385 e. The number of anilines is 1. The molecule has 14 heavy (non-hydrogen) atoms. The quantitative estimate of drug-likeness (QED) is 0.780. The molecule has 3 heteroatoms. The van der Waals surface area contributed by atoms with Gasteiger partial charge in [0.1, 0.15) is 5.82 Å². The number of ether oxygens (including phenoxy) is 1. The minimum absolute atomic E-state index is 0.393. The zero-order valence-electron chi connectivity index (χ0n) is 9.08. The van der Waals surface area contributed by atoms with Gasteiger partial charge in [-0.15, -0.1) is 0 Å². The highest BCUT2D eigenvalue weighted by atomic mass is 16.5. The van der Waals surface area contributed by atoms with E-state index in [1.165, 1.54) is 5.56 Å². The number of aryl methyl sites for hydroxylation is 1. The Morgan fingerprint density at radius 2 is 2.36 bits per heavy atom. The first kappa shape index (κ1) is 11.0. The molecule has 0 aliphatic rings. The number of methoxy groups -OCH3 is 1. The van der Waals surface area contributed by atoms with Gasteiger partial charge in [-0.25, -0.2) is 4.98 Å². The Labute approximate surface area is 85.5 Å². The van der Waals surface area contributed by atoms with Gasteiger partial charge in [0, 0.05) is 26.0 Å². The summed E-state index contributed by atoms with van der Waals surface area (Å²) in [6.07, 6.45) is 2.81. The Hall–Kier alpha value is -1.09. The largest absolute Gasteiger partial charge is 0.385 e. The monoisotopic (exact) mass is 194 g/mol. The zero-order chi connectivity index (χ0) is 10.4. The molecule has 0 radical (unpaired) electrons. The van der Waals surface area contributed by atoms with Crippen LogP contribution in [0.4, 0.5) is 5.82 Å². The molecule has 1 rings (SSSR count). The molecular weight excluding hydrogens is 176 g/mol. The molecule has 1 unspecified atom stereocenters. The maximum absolute atomic E-state index is 5.01. The van der Waals surface area contributed by atoms with E-state index in [9.17, 15) is 0 Å². The summed E-state index contributed by atoms with van der Waals surface area (Å²) in [5, 5.41) is 3.33. The van der Waals surface area contributed by atoms with E-state index in [-0.39, 0.29) is 0 Å². The lowest BCUT2D eigenvalue weighted by Crippen LogP contribution is -2.17.